The Balaban J connectivity index is 1.81. The molecule has 0 fully saturated rings. The number of amides is 1. The van der Waals surface area contributed by atoms with E-state index in [0.717, 1.165) is 26.7 Å². The molecule has 0 aliphatic heterocycles. The molecule has 0 saturated carbocycles. The van der Waals surface area contributed by atoms with Crippen LogP contribution >= 0.6 is 27.3 Å². The first-order chi connectivity index (χ1) is 14.3. The van der Waals surface area contributed by atoms with Crippen molar-refractivity contribution in [2.45, 2.75) is 20.8 Å². The third kappa shape index (κ3) is 4.74. The van der Waals surface area contributed by atoms with Crippen LogP contribution in [0.2, 0.25) is 0 Å². The Kier molecular flexibility index (Phi) is 6.95. The molecule has 7 heteroatoms. The molecule has 0 spiro atoms. The normalized spacial score (nSPS) is 10.6. The lowest BCUT2D eigenvalue weighted by Crippen LogP contribution is -2.21. The van der Waals surface area contributed by atoms with Crippen LogP contribution in [-0.2, 0) is 9.53 Å². The van der Waals surface area contributed by atoms with E-state index in [0.29, 0.717) is 21.9 Å². The first-order valence-electron chi connectivity index (χ1n) is 9.27. The van der Waals surface area contributed by atoms with Crippen molar-refractivity contribution in [2.24, 2.45) is 0 Å². The Hall–Kier alpha value is -2.64. The summed E-state index contributed by atoms with van der Waals surface area (Å²) in [6.07, 6.45) is 0. The van der Waals surface area contributed by atoms with E-state index in [1.165, 1.54) is 18.4 Å². The van der Waals surface area contributed by atoms with Gasteiger partial charge in [0, 0.05) is 15.4 Å². The molecule has 0 atom stereocenters. The molecule has 156 valence electrons. The molecule has 0 saturated heterocycles. The number of rotatable bonds is 6. The van der Waals surface area contributed by atoms with Crippen LogP contribution < -0.4 is 10.1 Å². The van der Waals surface area contributed by atoms with Gasteiger partial charge in [-0.15, -0.1) is 11.3 Å². The molecule has 3 aromatic rings. The highest BCUT2D eigenvalue weighted by molar-refractivity contribution is 9.10. The van der Waals surface area contributed by atoms with Crippen LogP contribution in [0.15, 0.2) is 46.3 Å². The van der Waals surface area contributed by atoms with Crippen molar-refractivity contribution in [3.8, 4) is 16.9 Å². The highest BCUT2D eigenvalue weighted by Crippen LogP contribution is 2.36. The number of hydrogen-bond donors (Lipinski definition) is 1. The summed E-state index contributed by atoms with van der Waals surface area (Å²) in [5.41, 5.74) is 4.97. The van der Waals surface area contributed by atoms with Crippen LogP contribution in [0.5, 0.6) is 5.75 Å². The predicted molar refractivity (Wildman–Crippen MR) is 124 cm³/mol. The number of carbonyl (C=O) groups excluding carboxylic acids is 2. The highest BCUT2D eigenvalue weighted by Gasteiger charge is 2.22. The minimum atomic E-state index is -0.504. The number of methoxy groups -OCH3 is 1. The van der Waals surface area contributed by atoms with Gasteiger partial charge >= 0.3 is 5.97 Å². The van der Waals surface area contributed by atoms with Gasteiger partial charge in [0.25, 0.3) is 5.91 Å². The Morgan fingerprint density at radius 2 is 1.70 bits per heavy atom. The molecule has 30 heavy (non-hydrogen) atoms. The van der Waals surface area contributed by atoms with Gasteiger partial charge in [-0.2, -0.15) is 0 Å². The Labute approximate surface area is 188 Å². The van der Waals surface area contributed by atoms with Gasteiger partial charge in [-0.3, -0.25) is 4.79 Å². The van der Waals surface area contributed by atoms with E-state index in [9.17, 15) is 9.59 Å². The van der Waals surface area contributed by atoms with Crippen molar-refractivity contribution in [1.29, 1.82) is 0 Å². The lowest BCUT2D eigenvalue weighted by Gasteiger charge is -2.14. The summed E-state index contributed by atoms with van der Waals surface area (Å²) in [4.78, 5) is 25.0. The van der Waals surface area contributed by atoms with E-state index < -0.39 is 5.97 Å². The minimum absolute atomic E-state index is 0.155. The number of ether oxygens (including phenoxy) is 2. The van der Waals surface area contributed by atoms with Crippen LogP contribution in [0.4, 0.5) is 5.00 Å². The van der Waals surface area contributed by atoms with E-state index in [-0.39, 0.29) is 12.5 Å². The summed E-state index contributed by atoms with van der Waals surface area (Å²) in [5, 5.41) is 5.07. The topological polar surface area (TPSA) is 64.6 Å². The maximum absolute atomic E-state index is 12.6. The number of nitrogens with one attached hydrogen (secondary N) is 1. The average molecular weight is 488 g/mol. The Bertz CT molecular complexity index is 1090. The summed E-state index contributed by atoms with van der Waals surface area (Å²) < 4.78 is 11.7. The molecule has 0 radical (unpaired) electrons. The van der Waals surface area contributed by atoms with Gasteiger partial charge < -0.3 is 14.8 Å². The van der Waals surface area contributed by atoms with Gasteiger partial charge in [-0.25, -0.2) is 4.79 Å². The van der Waals surface area contributed by atoms with E-state index >= 15 is 0 Å². The summed E-state index contributed by atoms with van der Waals surface area (Å²) in [6.45, 7) is 5.75. The zero-order chi connectivity index (χ0) is 21.8. The number of benzene rings is 2. The number of carbonyl (C=O) groups is 2. The maximum Gasteiger partial charge on any atom is 0.341 e. The molecule has 0 bridgehead atoms. The van der Waals surface area contributed by atoms with Crippen molar-refractivity contribution in [3.63, 3.8) is 0 Å². The lowest BCUT2D eigenvalue weighted by atomic mass is 10.0. The number of halogens is 1. The Morgan fingerprint density at radius 3 is 2.37 bits per heavy atom. The molecule has 0 aliphatic rings. The zero-order valence-corrected chi connectivity index (χ0v) is 19.6. The Morgan fingerprint density at radius 1 is 1.03 bits per heavy atom. The smallest absolute Gasteiger partial charge is 0.341 e. The van der Waals surface area contributed by atoms with Crippen molar-refractivity contribution >= 4 is 44.1 Å². The zero-order valence-electron chi connectivity index (χ0n) is 17.2. The van der Waals surface area contributed by atoms with Gasteiger partial charge in [0.2, 0.25) is 0 Å². The fourth-order valence-corrected chi connectivity index (χ4v) is 4.28. The van der Waals surface area contributed by atoms with Crippen LogP contribution in [0.3, 0.4) is 0 Å². The summed E-state index contributed by atoms with van der Waals surface area (Å²) in [7, 11) is 1.32. The molecule has 1 aromatic heterocycles. The number of hydrogen-bond acceptors (Lipinski definition) is 5. The maximum atomic E-state index is 12.6. The van der Waals surface area contributed by atoms with Crippen molar-refractivity contribution in [2.75, 3.05) is 19.0 Å². The van der Waals surface area contributed by atoms with Gasteiger partial charge in [-0.05, 0) is 55.2 Å². The van der Waals surface area contributed by atoms with Crippen LogP contribution in [-0.4, -0.2) is 25.6 Å². The van der Waals surface area contributed by atoms with Gasteiger partial charge in [0.1, 0.15) is 16.3 Å². The molecule has 2 aromatic carbocycles. The molecular weight excluding hydrogens is 466 g/mol. The third-order valence-corrected chi connectivity index (χ3v) is 6.23. The SMILES string of the molecule is COC(=O)c1c(-c2ccc(Br)cc2)csc1NC(=O)COc1c(C)ccc(C)c1C. The first-order valence-corrected chi connectivity index (χ1v) is 10.9. The molecule has 0 aliphatic carbocycles. The quantitative estimate of drug-likeness (QED) is 0.439. The minimum Gasteiger partial charge on any atom is -0.483 e. The number of aryl methyl sites for hydroxylation is 2. The van der Waals surface area contributed by atoms with Crippen LogP contribution in [0.25, 0.3) is 11.1 Å². The number of thiophene rings is 1. The molecule has 0 unspecified atom stereocenters. The van der Waals surface area contributed by atoms with Crippen molar-refractivity contribution in [1.82, 2.24) is 0 Å². The second-order valence-corrected chi connectivity index (χ2v) is 8.64. The molecule has 1 N–H and O–H groups in total. The van der Waals surface area contributed by atoms with Crippen LogP contribution in [0, 0.1) is 20.8 Å². The summed E-state index contributed by atoms with van der Waals surface area (Å²) >= 11 is 4.69. The molecule has 1 heterocycles. The van der Waals surface area contributed by atoms with Crippen molar-refractivity contribution < 1.29 is 19.1 Å². The van der Waals surface area contributed by atoms with E-state index in [2.05, 4.69) is 21.2 Å². The fraction of sp³-hybridized carbons (Fsp3) is 0.217. The standard InChI is InChI=1S/C23H22BrNO4S/c1-13-5-6-14(2)21(15(13)3)29-11-19(26)25-22-20(23(27)28-4)18(12-30-22)16-7-9-17(24)10-8-16/h5-10,12H,11H2,1-4H3,(H,25,26). The average Bonchev–Trinajstić information content (AvgIpc) is 3.14. The van der Waals surface area contributed by atoms with Crippen molar-refractivity contribution in [3.05, 3.63) is 68.5 Å². The summed E-state index contributed by atoms with van der Waals surface area (Å²) in [6, 6.07) is 11.6. The lowest BCUT2D eigenvalue weighted by molar-refractivity contribution is -0.118. The van der Waals surface area contributed by atoms with Gasteiger partial charge in [0.05, 0.1) is 7.11 Å². The first kappa shape index (κ1) is 22.1. The molecule has 3 rings (SSSR count). The van der Waals surface area contributed by atoms with E-state index in [1.807, 2.05) is 62.5 Å². The molecule has 5 nitrogen and oxygen atoms in total. The number of esters is 1. The van der Waals surface area contributed by atoms with Crippen LogP contribution in [0.1, 0.15) is 27.0 Å². The molecular formula is C23H22BrNO4S. The second kappa shape index (κ2) is 9.45. The summed E-state index contributed by atoms with van der Waals surface area (Å²) in [5.74, 6) is -0.138. The van der Waals surface area contributed by atoms with E-state index in [4.69, 9.17) is 9.47 Å². The largest absolute Gasteiger partial charge is 0.483 e. The van der Waals surface area contributed by atoms with Gasteiger partial charge in [0.15, 0.2) is 6.61 Å². The monoisotopic (exact) mass is 487 g/mol. The molecule has 1 amide bonds. The van der Waals surface area contributed by atoms with Gasteiger partial charge in [-0.1, -0.05) is 40.2 Å². The second-order valence-electron chi connectivity index (χ2n) is 6.84. The number of anilines is 1. The highest BCUT2D eigenvalue weighted by atomic mass is 79.9. The third-order valence-electron chi connectivity index (χ3n) is 4.81. The predicted octanol–water partition coefficient (Wildman–Crippen LogP) is 5.91. The fourth-order valence-electron chi connectivity index (χ4n) is 3.04. The van der Waals surface area contributed by atoms with E-state index in [1.54, 1.807) is 0 Å².